The summed E-state index contributed by atoms with van der Waals surface area (Å²) in [6.07, 6.45) is 1.47. The molecule has 0 unspecified atom stereocenters. The van der Waals surface area contributed by atoms with Gasteiger partial charge < -0.3 is 14.4 Å². The standard InChI is InChI=1S/C25H22N2O6/c1-15(2)16-8-10-17(11-9-16)22-21(23(28)18-5-3-6-19(13-18)27(31)32)24(29)25(30)26(22)14-20-7-4-12-33-20/h3-13,15,22,28H,14H2,1-2H3/b23-21+/t22-/m1/s1. The molecule has 2 aromatic carbocycles. The van der Waals surface area contributed by atoms with Gasteiger partial charge in [0.25, 0.3) is 17.4 Å². The number of carbonyl (C=O) groups excluding carboxylic acids is 2. The van der Waals surface area contributed by atoms with Crippen molar-refractivity contribution in [1.29, 1.82) is 0 Å². The Balaban J connectivity index is 1.86. The highest BCUT2D eigenvalue weighted by Crippen LogP contribution is 2.41. The Morgan fingerprint density at radius 2 is 1.85 bits per heavy atom. The summed E-state index contributed by atoms with van der Waals surface area (Å²) in [6, 6.07) is 15.3. The summed E-state index contributed by atoms with van der Waals surface area (Å²) in [5.41, 5.74) is 1.45. The summed E-state index contributed by atoms with van der Waals surface area (Å²) in [7, 11) is 0. The SMILES string of the molecule is CC(C)c1ccc([C@@H]2/C(=C(\O)c3cccc([N+](=O)[O-])c3)C(=O)C(=O)N2Cc2ccco2)cc1. The van der Waals surface area contributed by atoms with E-state index in [0.717, 1.165) is 5.56 Å². The van der Waals surface area contributed by atoms with Crippen LogP contribution < -0.4 is 0 Å². The number of furan rings is 1. The molecular weight excluding hydrogens is 424 g/mol. The van der Waals surface area contributed by atoms with Crippen LogP contribution in [0.1, 0.15) is 48.3 Å². The Kier molecular flexibility index (Phi) is 5.83. The number of hydrogen-bond acceptors (Lipinski definition) is 6. The van der Waals surface area contributed by atoms with Crippen LogP contribution in [0, 0.1) is 10.1 Å². The Morgan fingerprint density at radius 3 is 2.45 bits per heavy atom. The van der Waals surface area contributed by atoms with Crippen molar-refractivity contribution in [1.82, 2.24) is 4.90 Å². The number of Topliss-reactive ketones (excluding diaryl/α,β-unsaturated/α-hetero) is 1. The van der Waals surface area contributed by atoms with Gasteiger partial charge in [-0.3, -0.25) is 19.7 Å². The molecule has 1 fully saturated rings. The summed E-state index contributed by atoms with van der Waals surface area (Å²) in [6.45, 7) is 4.14. The Morgan fingerprint density at radius 1 is 1.12 bits per heavy atom. The minimum atomic E-state index is -0.879. The maximum Gasteiger partial charge on any atom is 0.296 e. The number of aliphatic hydroxyl groups is 1. The van der Waals surface area contributed by atoms with Crippen LogP contribution in [-0.2, 0) is 16.1 Å². The van der Waals surface area contributed by atoms with Crippen molar-refractivity contribution in [3.8, 4) is 0 Å². The summed E-state index contributed by atoms with van der Waals surface area (Å²) < 4.78 is 5.38. The van der Waals surface area contributed by atoms with E-state index in [-0.39, 0.29) is 23.4 Å². The monoisotopic (exact) mass is 446 g/mol. The molecule has 33 heavy (non-hydrogen) atoms. The van der Waals surface area contributed by atoms with Crippen molar-refractivity contribution < 1.29 is 24.0 Å². The zero-order chi connectivity index (χ0) is 23.7. The number of benzene rings is 2. The molecule has 8 nitrogen and oxygen atoms in total. The molecule has 1 saturated heterocycles. The number of carbonyl (C=O) groups is 2. The van der Waals surface area contributed by atoms with E-state index < -0.39 is 28.4 Å². The highest BCUT2D eigenvalue weighted by Gasteiger charge is 2.46. The van der Waals surface area contributed by atoms with Gasteiger partial charge in [-0.15, -0.1) is 0 Å². The van der Waals surface area contributed by atoms with Crippen molar-refractivity contribution in [2.75, 3.05) is 0 Å². The van der Waals surface area contributed by atoms with E-state index in [1.54, 1.807) is 12.1 Å². The normalized spacial score (nSPS) is 17.7. The van der Waals surface area contributed by atoms with Crippen LogP contribution in [0.25, 0.3) is 5.76 Å². The fraction of sp³-hybridized carbons (Fsp3) is 0.200. The zero-order valence-corrected chi connectivity index (χ0v) is 18.1. The van der Waals surface area contributed by atoms with E-state index in [4.69, 9.17) is 4.42 Å². The molecule has 1 amide bonds. The van der Waals surface area contributed by atoms with Crippen molar-refractivity contribution in [2.24, 2.45) is 0 Å². The first-order chi connectivity index (χ1) is 15.8. The number of ketones is 1. The van der Waals surface area contributed by atoms with E-state index in [9.17, 15) is 24.8 Å². The van der Waals surface area contributed by atoms with Gasteiger partial charge in [0.1, 0.15) is 11.5 Å². The van der Waals surface area contributed by atoms with Crippen LogP contribution >= 0.6 is 0 Å². The van der Waals surface area contributed by atoms with Gasteiger partial charge >= 0.3 is 0 Å². The fourth-order valence-corrected chi connectivity index (χ4v) is 3.95. The first-order valence-electron chi connectivity index (χ1n) is 10.4. The lowest BCUT2D eigenvalue weighted by molar-refractivity contribution is -0.384. The second kappa shape index (κ2) is 8.74. The molecule has 4 rings (SSSR count). The maximum atomic E-state index is 13.1. The van der Waals surface area contributed by atoms with Gasteiger partial charge in [0.15, 0.2) is 0 Å². The number of nitro groups is 1. The molecule has 1 aromatic heterocycles. The van der Waals surface area contributed by atoms with Gasteiger partial charge in [0.05, 0.1) is 29.3 Å². The third-order valence-electron chi connectivity index (χ3n) is 5.70. The second-order valence-electron chi connectivity index (χ2n) is 8.14. The lowest BCUT2D eigenvalue weighted by Crippen LogP contribution is -2.29. The zero-order valence-electron chi connectivity index (χ0n) is 18.1. The van der Waals surface area contributed by atoms with Gasteiger partial charge in [-0.2, -0.15) is 0 Å². The summed E-state index contributed by atoms with van der Waals surface area (Å²) >= 11 is 0. The Hall–Kier alpha value is -4.20. The minimum Gasteiger partial charge on any atom is -0.507 e. The fourth-order valence-electron chi connectivity index (χ4n) is 3.95. The van der Waals surface area contributed by atoms with Crippen LogP contribution in [0.4, 0.5) is 5.69 Å². The molecule has 1 aliphatic heterocycles. The highest BCUT2D eigenvalue weighted by atomic mass is 16.6. The van der Waals surface area contributed by atoms with Crippen LogP contribution in [0.15, 0.2) is 76.9 Å². The van der Waals surface area contributed by atoms with E-state index in [0.29, 0.717) is 17.2 Å². The topological polar surface area (TPSA) is 114 Å². The Bertz CT molecular complexity index is 1240. The molecule has 0 saturated carbocycles. The largest absolute Gasteiger partial charge is 0.507 e. The molecule has 2 heterocycles. The first kappa shape index (κ1) is 22.0. The molecule has 8 heteroatoms. The molecular formula is C25H22N2O6. The number of aliphatic hydroxyl groups excluding tert-OH is 1. The smallest absolute Gasteiger partial charge is 0.296 e. The van der Waals surface area contributed by atoms with Crippen LogP contribution in [0.2, 0.25) is 0 Å². The minimum absolute atomic E-state index is 0.0277. The van der Waals surface area contributed by atoms with Gasteiger partial charge in [-0.25, -0.2) is 0 Å². The number of likely N-dealkylation sites (tertiary alicyclic amines) is 1. The van der Waals surface area contributed by atoms with Gasteiger partial charge in [0, 0.05) is 17.7 Å². The van der Waals surface area contributed by atoms with Crippen LogP contribution in [0.3, 0.4) is 0 Å². The number of amides is 1. The van der Waals surface area contributed by atoms with Crippen molar-refractivity contribution in [2.45, 2.75) is 32.4 Å². The highest BCUT2D eigenvalue weighted by molar-refractivity contribution is 6.46. The van der Waals surface area contributed by atoms with Gasteiger partial charge in [-0.05, 0) is 29.2 Å². The lowest BCUT2D eigenvalue weighted by Gasteiger charge is -2.25. The molecule has 1 atom stereocenters. The number of nitrogens with zero attached hydrogens (tertiary/aromatic N) is 2. The molecule has 0 radical (unpaired) electrons. The second-order valence-corrected chi connectivity index (χ2v) is 8.14. The predicted octanol–water partition coefficient (Wildman–Crippen LogP) is 4.93. The molecule has 1 N–H and O–H groups in total. The van der Waals surface area contributed by atoms with E-state index in [2.05, 4.69) is 13.8 Å². The predicted molar refractivity (Wildman–Crippen MR) is 120 cm³/mol. The number of rotatable bonds is 6. The average molecular weight is 446 g/mol. The molecule has 0 bridgehead atoms. The van der Waals surface area contributed by atoms with Crippen LogP contribution in [0.5, 0.6) is 0 Å². The average Bonchev–Trinajstić information content (AvgIpc) is 3.41. The van der Waals surface area contributed by atoms with Crippen molar-refractivity contribution in [3.05, 3.63) is 105 Å². The first-order valence-corrected chi connectivity index (χ1v) is 10.4. The van der Waals surface area contributed by atoms with Crippen LogP contribution in [-0.4, -0.2) is 26.6 Å². The Labute approximate surface area is 189 Å². The van der Waals surface area contributed by atoms with E-state index >= 15 is 0 Å². The molecule has 168 valence electrons. The summed E-state index contributed by atoms with van der Waals surface area (Å²) in [4.78, 5) is 38.0. The third kappa shape index (κ3) is 4.15. The number of non-ortho nitro benzene ring substituents is 1. The number of nitro benzene ring substituents is 1. The number of hydrogen-bond donors (Lipinski definition) is 1. The molecule has 3 aromatic rings. The van der Waals surface area contributed by atoms with Crippen molar-refractivity contribution >= 4 is 23.1 Å². The molecule has 0 spiro atoms. The molecule has 1 aliphatic rings. The van der Waals surface area contributed by atoms with Gasteiger partial charge in [-0.1, -0.05) is 50.2 Å². The van der Waals surface area contributed by atoms with E-state index in [1.807, 2.05) is 24.3 Å². The van der Waals surface area contributed by atoms with Crippen molar-refractivity contribution in [3.63, 3.8) is 0 Å². The summed E-state index contributed by atoms with van der Waals surface area (Å²) in [5, 5.41) is 22.3. The third-order valence-corrected chi connectivity index (χ3v) is 5.70. The quantitative estimate of drug-likeness (QED) is 0.189. The molecule has 0 aliphatic carbocycles. The van der Waals surface area contributed by atoms with Gasteiger partial charge in [0.2, 0.25) is 0 Å². The maximum absolute atomic E-state index is 13.1. The van der Waals surface area contributed by atoms with E-state index in [1.165, 1.54) is 35.4 Å². The lowest BCUT2D eigenvalue weighted by atomic mass is 9.93. The summed E-state index contributed by atoms with van der Waals surface area (Å²) in [5.74, 6) is -1.33.